The lowest BCUT2D eigenvalue weighted by atomic mass is 10.1. The summed E-state index contributed by atoms with van der Waals surface area (Å²) in [4.78, 5) is 28.6. The van der Waals surface area contributed by atoms with Gasteiger partial charge in [-0.15, -0.1) is 0 Å². The molecular weight excluding hydrogens is 450 g/mol. The summed E-state index contributed by atoms with van der Waals surface area (Å²) in [6.07, 6.45) is 0. The lowest BCUT2D eigenvalue weighted by Crippen LogP contribution is -2.11. The van der Waals surface area contributed by atoms with Crippen molar-refractivity contribution in [2.24, 2.45) is 0 Å². The molecule has 0 unspecified atom stereocenters. The standard InChI is InChI=1S/C23H16ClN3O4S/c1-31-19-12-6-14(7-13-19)20-21(15-4-10-18(11-5-15)27(29)30)32-23(25-20)26-22(28)16-2-8-17(24)9-3-16/h2-13H,1H3,(H,25,26,28). The molecule has 0 atom stereocenters. The van der Waals surface area contributed by atoms with Gasteiger partial charge in [0, 0.05) is 28.3 Å². The van der Waals surface area contributed by atoms with E-state index < -0.39 is 4.92 Å². The van der Waals surface area contributed by atoms with Crippen LogP contribution < -0.4 is 10.1 Å². The normalized spacial score (nSPS) is 10.6. The molecule has 3 aromatic carbocycles. The molecule has 0 saturated heterocycles. The number of nitro groups is 1. The highest BCUT2D eigenvalue weighted by Gasteiger charge is 2.18. The number of methoxy groups -OCH3 is 1. The number of carbonyl (C=O) groups excluding carboxylic acids is 1. The molecule has 0 radical (unpaired) electrons. The molecule has 9 heteroatoms. The van der Waals surface area contributed by atoms with E-state index in [1.54, 1.807) is 43.5 Å². The van der Waals surface area contributed by atoms with Crippen LogP contribution in [0.25, 0.3) is 21.7 Å². The number of nitrogens with one attached hydrogen (secondary N) is 1. The minimum Gasteiger partial charge on any atom is -0.497 e. The SMILES string of the molecule is COc1ccc(-c2nc(NC(=O)c3ccc(Cl)cc3)sc2-c2ccc([N+](=O)[O-])cc2)cc1. The zero-order valence-corrected chi connectivity index (χ0v) is 18.3. The first-order chi connectivity index (χ1) is 15.4. The van der Waals surface area contributed by atoms with Gasteiger partial charge in [-0.1, -0.05) is 22.9 Å². The van der Waals surface area contributed by atoms with Crippen LogP contribution in [-0.2, 0) is 0 Å². The summed E-state index contributed by atoms with van der Waals surface area (Å²) in [5, 5.41) is 14.8. The molecule has 4 aromatic rings. The van der Waals surface area contributed by atoms with Crippen molar-refractivity contribution >= 4 is 39.7 Å². The Kier molecular flexibility index (Phi) is 6.16. The average molecular weight is 466 g/mol. The lowest BCUT2D eigenvalue weighted by molar-refractivity contribution is -0.384. The number of ether oxygens (including phenoxy) is 1. The second-order valence-electron chi connectivity index (χ2n) is 6.69. The predicted octanol–water partition coefficient (Wildman–Crippen LogP) is 6.30. The summed E-state index contributed by atoms with van der Waals surface area (Å²) in [6, 6.07) is 20.2. The van der Waals surface area contributed by atoms with Crippen molar-refractivity contribution in [1.82, 2.24) is 4.98 Å². The van der Waals surface area contributed by atoms with E-state index >= 15 is 0 Å². The maximum Gasteiger partial charge on any atom is 0.269 e. The van der Waals surface area contributed by atoms with E-state index in [9.17, 15) is 14.9 Å². The van der Waals surface area contributed by atoms with Gasteiger partial charge >= 0.3 is 0 Å². The highest BCUT2D eigenvalue weighted by atomic mass is 35.5. The number of carbonyl (C=O) groups is 1. The maximum atomic E-state index is 12.6. The number of non-ortho nitro benzene ring substituents is 1. The number of anilines is 1. The Bertz CT molecular complexity index is 1270. The van der Waals surface area contributed by atoms with Crippen LogP contribution in [0.1, 0.15) is 10.4 Å². The van der Waals surface area contributed by atoms with Gasteiger partial charge in [-0.25, -0.2) is 4.98 Å². The largest absolute Gasteiger partial charge is 0.497 e. The summed E-state index contributed by atoms with van der Waals surface area (Å²) in [5.74, 6) is 0.393. The third kappa shape index (κ3) is 4.61. The Morgan fingerprint density at radius 3 is 2.22 bits per heavy atom. The third-order valence-corrected chi connectivity index (χ3v) is 5.93. The lowest BCUT2D eigenvalue weighted by Gasteiger charge is -2.04. The average Bonchev–Trinajstić information content (AvgIpc) is 3.23. The van der Waals surface area contributed by atoms with E-state index in [1.165, 1.54) is 23.5 Å². The second-order valence-corrected chi connectivity index (χ2v) is 8.13. The van der Waals surface area contributed by atoms with Crippen molar-refractivity contribution in [1.29, 1.82) is 0 Å². The Hall–Kier alpha value is -3.75. The van der Waals surface area contributed by atoms with E-state index in [2.05, 4.69) is 10.3 Å². The number of thiazole rings is 1. The number of benzene rings is 3. The summed E-state index contributed by atoms with van der Waals surface area (Å²) >= 11 is 7.18. The molecule has 1 aromatic heterocycles. The molecule has 1 N–H and O–H groups in total. The van der Waals surface area contributed by atoms with Crippen molar-refractivity contribution < 1.29 is 14.5 Å². The van der Waals surface area contributed by atoms with Crippen molar-refractivity contribution in [3.05, 3.63) is 93.5 Å². The van der Waals surface area contributed by atoms with Gasteiger partial charge in [-0.2, -0.15) is 0 Å². The zero-order chi connectivity index (χ0) is 22.7. The van der Waals surface area contributed by atoms with Crippen LogP contribution in [0.15, 0.2) is 72.8 Å². The van der Waals surface area contributed by atoms with Gasteiger partial charge in [0.15, 0.2) is 5.13 Å². The predicted molar refractivity (Wildman–Crippen MR) is 126 cm³/mol. The summed E-state index contributed by atoms with van der Waals surface area (Å²) in [7, 11) is 1.59. The fourth-order valence-corrected chi connectivity index (χ4v) is 4.13. The first kappa shape index (κ1) is 21.5. The van der Waals surface area contributed by atoms with E-state index in [0.29, 0.717) is 27.2 Å². The molecule has 1 heterocycles. The van der Waals surface area contributed by atoms with Crippen LogP contribution in [0.3, 0.4) is 0 Å². The number of aromatic nitrogens is 1. The number of amides is 1. The van der Waals surface area contributed by atoms with Gasteiger partial charge < -0.3 is 4.74 Å². The van der Waals surface area contributed by atoms with Gasteiger partial charge in [-0.3, -0.25) is 20.2 Å². The fraction of sp³-hybridized carbons (Fsp3) is 0.0435. The number of halogens is 1. The van der Waals surface area contributed by atoms with E-state index in [0.717, 1.165) is 16.0 Å². The van der Waals surface area contributed by atoms with Gasteiger partial charge in [0.25, 0.3) is 11.6 Å². The number of hydrogen-bond acceptors (Lipinski definition) is 6. The second kappa shape index (κ2) is 9.17. The molecule has 32 heavy (non-hydrogen) atoms. The third-order valence-electron chi connectivity index (χ3n) is 4.66. The maximum absolute atomic E-state index is 12.6. The van der Waals surface area contributed by atoms with Crippen molar-refractivity contribution in [3.8, 4) is 27.4 Å². The van der Waals surface area contributed by atoms with Gasteiger partial charge in [0.2, 0.25) is 0 Å². The minimum absolute atomic E-state index is 0.000488. The molecule has 160 valence electrons. The zero-order valence-electron chi connectivity index (χ0n) is 16.7. The molecule has 0 aliphatic rings. The topological polar surface area (TPSA) is 94.4 Å². The molecule has 0 aliphatic carbocycles. The van der Waals surface area contributed by atoms with Crippen LogP contribution in [0.4, 0.5) is 10.8 Å². The molecule has 0 saturated carbocycles. The Balaban J connectivity index is 1.72. The fourth-order valence-electron chi connectivity index (χ4n) is 3.02. The quantitative estimate of drug-likeness (QED) is 0.266. The van der Waals surface area contributed by atoms with Crippen LogP contribution >= 0.6 is 22.9 Å². The molecule has 1 amide bonds. The molecule has 0 fully saturated rings. The van der Waals surface area contributed by atoms with Crippen molar-refractivity contribution in [3.63, 3.8) is 0 Å². The summed E-state index contributed by atoms with van der Waals surface area (Å²) in [6.45, 7) is 0. The van der Waals surface area contributed by atoms with E-state index in [-0.39, 0.29) is 11.6 Å². The number of hydrogen-bond donors (Lipinski definition) is 1. The molecule has 0 bridgehead atoms. The molecular formula is C23H16ClN3O4S. The van der Waals surface area contributed by atoms with Crippen molar-refractivity contribution in [2.45, 2.75) is 0 Å². The van der Waals surface area contributed by atoms with Crippen LogP contribution in [-0.4, -0.2) is 22.9 Å². The highest BCUT2D eigenvalue weighted by molar-refractivity contribution is 7.19. The summed E-state index contributed by atoms with van der Waals surface area (Å²) in [5.41, 5.74) is 2.68. The molecule has 0 aliphatic heterocycles. The van der Waals surface area contributed by atoms with Crippen molar-refractivity contribution in [2.75, 3.05) is 12.4 Å². The summed E-state index contributed by atoms with van der Waals surface area (Å²) < 4.78 is 5.22. The molecule has 0 spiro atoms. The minimum atomic E-state index is -0.446. The van der Waals surface area contributed by atoms with Gasteiger partial charge in [0.05, 0.1) is 22.6 Å². The molecule has 7 nitrogen and oxygen atoms in total. The Morgan fingerprint density at radius 1 is 1.00 bits per heavy atom. The number of rotatable bonds is 6. The van der Waals surface area contributed by atoms with Gasteiger partial charge in [-0.05, 0) is 66.2 Å². The van der Waals surface area contributed by atoms with E-state index in [4.69, 9.17) is 16.3 Å². The first-order valence-corrected chi connectivity index (χ1v) is 10.6. The Morgan fingerprint density at radius 2 is 1.62 bits per heavy atom. The molecule has 4 rings (SSSR count). The number of nitro benzene ring substituents is 1. The number of nitrogens with zero attached hydrogens (tertiary/aromatic N) is 2. The van der Waals surface area contributed by atoms with Gasteiger partial charge in [0.1, 0.15) is 5.75 Å². The van der Waals surface area contributed by atoms with E-state index in [1.807, 2.05) is 24.3 Å². The highest BCUT2D eigenvalue weighted by Crippen LogP contribution is 2.40. The monoisotopic (exact) mass is 465 g/mol. The smallest absolute Gasteiger partial charge is 0.269 e. The van der Waals surface area contributed by atoms with Crippen LogP contribution in [0.2, 0.25) is 5.02 Å². The van der Waals surface area contributed by atoms with Crippen LogP contribution in [0, 0.1) is 10.1 Å². The first-order valence-electron chi connectivity index (χ1n) is 9.41. The Labute approximate surface area is 192 Å². The van der Waals surface area contributed by atoms with Crippen LogP contribution in [0.5, 0.6) is 5.75 Å².